The van der Waals surface area contributed by atoms with Crippen molar-refractivity contribution < 1.29 is 9.21 Å². The summed E-state index contributed by atoms with van der Waals surface area (Å²) in [6.07, 6.45) is 0. The quantitative estimate of drug-likeness (QED) is 0.934. The minimum Gasteiger partial charge on any atom is -0.466 e. The molecule has 2 aromatic rings. The summed E-state index contributed by atoms with van der Waals surface area (Å²) in [5, 5.41) is 3.45. The Balaban J connectivity index is 2.32. The highest BCUT2D eigenvalue weighted by molar-refractivity contribution is 6.31. The Morgan fingerprint density at radius 2 is 1.95 bits per heavy atom. The van der Waals surface area contributed by atoms with E-state index in [2.05, 4.69) is 5.32 Å². The zero-order valence-corrected chi connectivity index (χ0v) is 12.7. The number of halogens is 1. The lowest BCUT2D eigenvalue weighted by Gasteiger charge is -2.18. The molecule has 2 rings (SSSR count). The maximum absolute atomic E-state index is 12.3. The van der Waals surface area contributed by atoms with Gasteiger partial charge >= 0.3 is 0 Å². The monoisotopic (exact) mass is 292 g/mol. The highest BCUT2D eigenvalue weighted by Gasteiger charge is 2.15. The lowest BCUT2D eigenvalue weighted by molar-refractivity contribution is 0.102. The smallest absolute Gasteiger partial charge is 0.259 e. The van der Waals surface area contributed by atoms with Crippen LogP contribution in [-0.2, 0) is 0 Å². The predicted molar refractivity (Wildman–Crippen MR) is 81.9 cm³/mol. The molecule has 4 nitrogen and oxygen atoms in total. The van der Waals surface area contributed by atoms with E-state index in [1.807, 2.05) is 32.0 Å². The molecule has 0 radical (unpaired) electrons. The maximum atomic E-state index is 12.3. The van der Waals surface area contributed by atoms with Crippen molar-refractivity contribution in [3.63, 3.8) is 0 Å². The van der Waals surface area contributed by atoms with Gasteiger partial charge in [-0.2, -0.15) is 0 Å². The predicted octanol–water partition coefficient (Wildman–Crippen LogP) is 3.87. The minimum absolute atomic E-state index is 0.204. The van der Waals surface area contributed by atoms with Gasteiger partial charge in [0.05, 0.1) is 16.9 Å². The third kappa shape index (κ3) is 2.96. The Kier molecular flexibility index (Phi) is 4.04. The van der Waals surface area contributed by atoms with Crippen LogP contribution in [0.1, 0.15) is 21.9 Å². The number of aryl methyl sites for hydroxylation is 2. The molecule has 1 aromatic carbocycles. The molecule has 5 heteroatoms. The zero-order chi connectivity index (χ0) is 14.9. The summed E-state index contributed by atoms with van der Waals surface area (Å²) in [4.78, 5) is 14.2. The van der Waals surface area contributed by atoms with Gasteiger partial charge in [0.25, 0.3) is 5.91 Å². The Morgan fingerprint density at radius 3 is 2.50 bits per heavy atom. The standard InChI is InChI=1S/C15H17ClN2O2/c1-9-7-12(10(2)20-9)15(19)17-13-8-11(16)5-6-14(13)18(3)4/h5-8H,1-4H3,(H,17,19). The Bertz CT molecular complexity index is 647. The van der Waals surface area contributed by atoms with Crippen LogP contribution in [0.3, 0.4) is 0 Å². The molecule has 0 unspecified atom stereocenters. The van der Waals surface area contributed by atoms with E-state index < -0.39 is 0 Å². The van der Waals surface area contributed by atoms with E-state index in [9.17, 15) is 4.79 Å². The molecule has 0 fully saturated rings. The molecule has 0 aliphatic carbocycles. The SMILES string of the molecule is Cc1cc(C(=O)Nc2cc(Cl)ccc2N(C)C)c(C)o1. The molecule has 0 spiro atoms. The zero-order valence-electron chi connectivity index (χ0n) is 12.0. The van der Waals surface area contributed by atoms with Gasteiger partial charge in [-0.1, -0.05) is 11.6 Å². The Hall–Kier alpha value is -1.94. The summed E-state index contributed by atoms with van der Waals surface area (Å²) in [5.41, 5.74) is 2.10. The Labute approximate surface area is 123 Å². The molecule has 0 aliphatic heterocycles. The van der Waals surface area contributed by atoms with Crippen molar-refractivity contribution in [3.8, 4) is 0 Å². The normalized spacial score (nSPS) is 10.4. The average molecular weight is 293 g/mol. The van der Waals surface area contributed by atoms with Crippen molar-refractivity contribution >= 4 is 28.9 Å². The molecule has 20 heavy (non-hydrogen) atoms. The average Bonchev–Trinajstić information content (AvgIpc) is 2.68. The summed E-state index contributed by atoms with van der Waals surface area (Å²) in [5.74, 6) is 1.12. The van der Waals surface area contributed by atoms with Crippen molar-refractivity contribution in [3.05, 3.63) is 46.4 Å². The number of amides is 1. The van der Waals surface area contributed by atoms with Crippen LogP contribution in [0.15, 0.2) is 28.7 Å². The van der Waals surface area contributed by atoms with Crippen molar-refractivity contribution in [2.45, 2.75) is 13.8 Å². The van der Waals surface area contributed by atoms with Gasteiger partial charge in [0.15, 0.2) is 0 Å². The van der Waals surface area contributed by atoms with Gasteiger partial charge < -0.3 is 14.6 Å². The first-order chi connectivity index (χ1) is 9.38. The number of rotatable bonds is 3. The number of furan rings is 1. The minimum atomic E-state index is -0.204. The molecule has 1 N–H and O–H groups in total. The first-order valence-electron chi connectivity index (χ1n) is 6.23. The molecule has 1 heterocycles. The van der Waals surface area contributed by atoms with E-state index in [-0.39, 0.29) is 5.91 Å². The van der Waals surface area contributed by atoms with Crippen LogP contribution in [0, 0.1) is 13.8 Å². The van der Waals surface area contributed by atoms with Crippen molar-refractivity contribution in [2.75, 3.05) is 24.3 Å². The summed E-state index contributed by atoms with van der Waals surface area (Å²) in [6, 6.07) is 7.12. The lowest BCUT2D eigenvalue weighted by Crippen LogP contribution is -2.16. The van der Waals surface area contributed by atoms with Gasteiger partial charge in [-0.3, -0.25) is 4.79 Å². The van der Waals surface area contributed by atoms with Gasteiger partial charge in [-0.15, -0.1) is 0 Å². The van der Waals surface area contributed by atoms with Crippen LogP contribution in [0.4, 0.5) is 11.4 Å². The van der Waals surface area contributed by atoms with Gasteiger partial charge in [0.1, 0.15) is 11.5 Å². The van der Waals surface area contributed by atoms with Crippen molar-refractivity contribution in [2.24, 2.45) is 0 Å². The third-order valence-corrected chi connectivity index (χ3v) is 3.21. The van der Waals surface area contributed by atoms with Crippen LogP contribution in [0.2, 0.25) is 5.02 Å². The number of nitrogens with one attached hydrogen (secondary N) is 1. The van der Waals surface area contributed by atoms with Gasteiger partial charge in [-0.05, 0) is 38.1 Å². The largest absolute Gasteiger partial charge is 0.466 e. The number of benzene rings is 1. The summed E-state index contributed by atoms with van der Waals surface area (Å²) >= 11 is 6.00. The number of hydrogen-bond donors (Lipinski definition) is 1. The molecular weight excluding hydrogens is 276 g/mol. The number of carbonyl (C=O) groups is 1. The number of anilines is 2. The van der Waals surface area contributed by atoms with E-state index >= 15 is 0 Å². The topological polar surface area (TPSA) is 45.5 Å². The highest BCUT2D eigenvalue weighted by Crippen LogP contribution is 2.28. The number of hydrogen-bond acceptors (Lipinski definition) is 3. The van der Waals surface area contributed by atoms with E-state index in [0.717, 1.165) is 5.69 Å². The summed E-state index contributed by atoms with van der Waals surface area (Å²) < 4.78 is 5.38. The second-order valence-corrected chi connectivity index (χ2v) is 5.27. The first kappa shape index (κ1) is 14.5. The van der Waals surface area contributed by atoms with Crippen LogP contribution in [-0.4, -0.2) is 20.0 Å². The van der Waals surface area contributed by atoms with E-state index in [1.54, 1.807) is 25.1 Å². The van der Waals surface area contributed by atoms with Crippen molar-refractivity contribution in [1.82, 2.24) is 0 Å². The summed E-state index contributed by atoms with van der Waals surface area (Å²) in [7, 11) is 3.82. The fraction of sp³-hybridized carbons (Fsp3) is 0.267. The van der Waals surface area contributed by atoms with E-state index in [4.69, 9.17) is 16.0 Å². The molecule has 0 atom stereocenters. The second kappa shape index (κ2) is 5.59. The highest BCUT2D eigenvalue weighted by atomic mass is 35.5. The van der Waals surface area contributed by atoms with Gasteiger partial charge in [0.2, 0.25) is 0 Å². The molecule has 0 bridgehead atoms. The van der Waals surface area contributed by atoms with Gasteiger partial charge in [-0.25, -0.2) is 0 Å². The first-order valence-corrected chi connectivity index (χ1v) is 6.61. The molecule has 1 aromatic heterocycles. The van der Waals surface area contributed by atoms with Crippen molar-refractivity contribution in [1.29, 1.82) is 0 Å². The van der Waals surface area contributed by atoms with Crippen LogP contribution < -0.4 is 10.2 Å². The molecule has 1 amide bonds. The molecule has 0 saturated carbocycles. The second-order valence-electron chi connectivity index (χ2n) is 4.84. The van der Waals surface area contributed by atoms with Crippen LogP contribution >= 0.6 is 11.6 Å². The van der Waals surface area contributed by atoms with E-state index in [0.29, 0.717) is 27.8 Å². The van der Waals surface area contributed by atoms with Crippen LogP contribution in [0.25, 0.3) is 0 Å². The fourth-order valence-corrected chi connectivity index (χ4v) is 2.22. The maximum Gasteiger partial charge on any atom is 0.259 e. The molecular formula is C15H17ClN2O2. The third-order valence-electron chi connectivity index (χ3n) is 2.97. The number of nitrogens with zero attached hydrogens (tertiary/aromatic N) is 1. The lowest BCUT2D eigenvalue weighted by atomic mass is 10.2. The van der Waals surface area contributed by atoms with Gasteiger partial charge in [0, 0.05) is 19.1 Å². The van der Waals surface area contributed by atoms with Crippen LogP contribution in [0.5, 0.6) is 0 Å². The Morgan fingerprint density at radius 1 is 1.25 bits per heavy atom. The molecule has 0 aliphatic rings. The fourth-order valence-electron chi connectivity index (χ4n) is 2.04. The molecule has 106 valence electrons. The van der Waals surface area contributed by atoms with E-state index in [1.165, 1.54) is 0 Å². The summed E-state index contributed by atoms with van der Waals surface area (Å²) in [6.45, 7) is 3.58. The molecule has 0 saturated heterocycles. The number of carbonyl (C=O) groups excluding carboxylic acids is 1.